The number of hydrogen-bond acceptors (Lipinski definition) is 5. The normalized spacial score (nSPS) is 15.2. The molecule has 1 aliphatic heterocycles. The zero-order valence-corrected chi connectivity index (χ0v) is 16.9. The molecule has 0 radical (unpaired) electrons. The molecule has 7 heteroatoms. The number of likely N-dealkylation sites (tertiary alicyclic amines) is 1. The molecule has 0 bridgehead atoms. The second kappa shape index (κ2) is 8.00. The molecule has 1 aromatic carbocycles. The molecular formula is C20H18ClNO3S2. The Morgan fingerprint density at radius 3 is 2.63 bits per heavy atom. The van der Waals surface area contributed by atoms with Crippen LogP contribution in [0.3, 0.4) is 0 Å². The number of nitrogens with zero attached hydrogens (tertiary/aromatic N) is 1. The predicted molar refractivity (Wildman–Crippen MR) is 110 cm³/mol. The number of piperidine rings is 1. The standard InChI is InChI=1S/C20H18ClNO3S2/c21-18-14-4-1-2-5-15(14)27-17(18)12-25-20(24)13-7-9-22(10-8-13)19(23)16-6-3-11-26-16/h1-6,11,13H,7-10,12H2. The number of amides is 1. The van der Waals surface area contributed by atoms with Crippen molar-refractivity contribution in [2.75, 3.05) is 13.1 Å². The number of halogens is 1. The van der Waals surface area contributed by atoms with Crippen LogP contribution in [-0.4, -0.2) is 29.9 Å². The molecule has 1 aliphatic rings. The number of benzene rings is 1. The van der Waals surface area contributed by atoms with Crippen molar-refractivity contribution in [3.05, 3.63) is 56.6 Å². The first kappa shape index (κ1) is 18.5. The summed E-state index contributed by atoms with van der Waals surface area (Å²) in [5.41, 5.74) is 0. The average molecular weight is 420 g/mol. The Bertz CT molecular complexity index is 959. The maximum absolute atomic E-state index is 12.4. The van der Waals surface area contributed by atoms with E-state index in [2.05, 4.69) is 0 Å². The second-order valence-corrected chi connectivity index (χ2v) is 8.95. The summed E-state index contributed by atoms with van der Waals surface area (Å²) in [6, 6.07) is 11.6. The van der Waals surface area contributed by atoms with E-state index in [0.717, 1.165) is 19.8 Å². The highest BCUT2D eigenvalue weighted by atomic mass is 35.5. The Labute approximate surface area is 170 Å². The SMILES string of the molecule is O=C(OCc1sc2ccccc2c1Cl)C1CCN(C(=O)c2cccs2)CC1. The van der Waals surface area contributed by atoms with Gasteiger partial charge in [0.15, 0.2) is 0 Å². The first-order chi connectivity index (χ1) is 13.1. The van der Waals surface area contributed by atoms with Gasteiger partial charge in [0, 0.05) is 23.2 Å². The van der Waals surface area contributed by atoms with E-state index in [9.17, 15) is 9.59 Å². The highest BCUT2D eigenvalue weighted by Gasteiger charge is 2.29. The van der Waals surface area contributed by atoms with Crippen molar-refractivity contribution in [2.24, 2.45) is 5.92 Å². The van der Waals surface area contributed by atoms with Gasteiger partial charge in [0.2, 0.25) is 0 Å². The molecule has 1 fully saturated rings. The van der Waals surface area contributed by atoms with Gasteiger partial charge in [-0.2, -0.15) is 0 Å². The summed E-state index contributed by atoms with van der Waals surface area (Å²) in [5, 5.41) is 3.56. The molecule has 4 rings (SSSR count). The fourth-order valence-electron chi connectivity index (χ4n) is 3.29. The van der Waals surface area contributed by atoms with E-state index in [1.54, 1.807) is 11.3 Å². The van der Waals surface area contributed by atoms with Crippen molar-refractivity contribution in [1.82, 2.24) is 4.90 Å². The lowest BCUT2D eigenvalue weighted by atomic mass is 9.97. The van der Waals surface area contributed by atoms with Crippen LogP contribution in [-0.2, 0) is 16.1 Å². The Balaban J connectivity index is 1.32. The van der Waals surface area contributed by atoms with Gasteiger partial charge in [-0.3, -0.25) is 9.59 Å². The first-order valence-corrected chi connectivity index (χ1v) is 10.9. The van der Waals surface area contributed by atoms with Gasteiger partial charge in [0.05, 0.1) is 20.7 Å². The summed E-state index contributed by atoms with van der Waals surface area (Å²) in [5.74, 6) is -0.314. The number of carbonyl (C=O) groups excluding carboxylic acids is 2. The van der Waals surface area contributed by atoms with Gasteiger partial charge in [-0.1, -0.05) is 35.9 Å². The minimum atomic E-state index is -0.202. The van der Waals surface area contributed by atoms with Gasteiger partial charge >= 0.3 is 5.97 Å². The van der Waals surface area contributed by atoms with Crippen LogP contribution in [0.5, 0.6) is 0 Å². The molecule has 0 atom stereocenters. The third-order valence-corrected chi connectivity index (χ3v) is 7.34. The first-order valence-electron chi connectivity index (χ1n) is 8.79. The van der Waals surface area contributed by atoms with Crippen molar-refractivity contribution < 1.29 is 14.3 Å². The number of fused-ring (bicyclic) bond motifs is 1. The number of hydrogen-bond donors (Lipinski definition) is 0. The van der Waals surface area contributed by atoms with Crippen LogP contribution in [0.2, 0.25) is 5.02 Å². The van der Waals surface area contributed by atoms with E-state index < -0.39 is 0 Å². The zero-order chi connectivity index (χ0) is 18.8. The quantitative estimate of drug-likeness (QED) is 0.545. The van der Waals surface area contributed by atoms with Crippen LogP contribution in [0.15, 0.2) is 41.8 Å². The number of esters is 1. The minimum Gasteiger partial charge on any atom is -0.460 e. The lowest BCUT2D eigenvalue weighted by molar-refractivity contribution is -0.151. The minimum absolute atomic E-state index is 0.0499. The van der Waals surface area contributed by atoms with E-state index >= 15 is 0 Å². The van der Waals surface area contributed by atoms with Crippen LogP contribution >= 0.6 is 34.3 Å². The molecule has 0 saturated carbocycles. The molecule has 2 aromatic heterocycles. The van der Waals surface area contributed by atoms with Gasteiger partial charge in [0.25, 0.3) is 5.91 Å². The van der Waals surface area contributed by atoms with Crippen molar-refractivity contribution in [1.29, 1.82) is 0 Å². The molecule has 3 aromatic rings. The van der Waals surface area contributed by atoms with E-state index in [-0.39, 0.29) is 24.4 Å². The maximum atomic E-state index is 12.4. The van der Waals surface area contributed by atoms with E-state index in [4.69, 9.17) is 16.3 Å². The highest BCUT2D eigenvalue weighted by Crippen LogP contribution is 2.35. The molecule has 0 spiro atoms. The molecule has 0 N–H and O–H groups in total. The van der Waals surface area contributed by atoms with Gasteiger partial charge in [-0.25, -0.2) is 0 Å². The Morgan fingerprint density at radius 2 is 1.93 bits per heavy atom. The summed E-state index contributed by atoms with van der Waals surface area (Å²) >= 11 is 9.41. The van der Waals surface area contributed by atoms with Gasteiger partial charge in [-0.15, -0.1) is 22.7 Å². The van der Waals surface area contributed by atoms with Gasteiger partial charge in [0.1, 0.15) is 6.61 Å². The predicted octanol–water partition coefficient (Wildman–Crippen LogP) is 5.21. The molecule has 0 aliphatic carbocycles. The number of ether oxygens (including phenoxy) is 1. The molecule has 27 heavy (non-hydrogen) atoms. The molecule has 1 amide bonds. The molecule has 4 nitrogen and oxygen atoms in total. The Hall–Kier alpha value is -1.89. The number of carbonyl (C=O) groups is 2. The molecule has 140 valence electrons. The summed E-state index contributed by atoms with van der Waals surface area (Å²) < 4.78 is 6.62. The highest BCUT2D eigenvalue weighted by molar-refractivity contribution is 7.19. The molecular weight excluding hydrogens is 402 g/mol. The van der Waals surface area contributed by atoms with Crippen LogP contribution in [0, 0.1) is 5.92 Å². The Kier molecular flexibility index (Phi) is 5.48. The van der Waals surface area contributed by atoms with Crippen LogP contribution in [0.4, 0.5) is 0 Å². The Morgan fingerprint density at radius 1 is 1.15 bits per heavy atom. The number of rotatable bonds is 4. The van der Waals surface area contributed by atoms with E-state index in [1.807, 2.05) is 46.7 Å². The van der Waals surface area contributed by atoms with Gasteiger partial charge in [-0.05, 0) is 30.4 Å². The monoisotopic (exact) mass is 419 g/mol. The smallest absolute Gasteiger partial charge is 0.309 e. The molecule has 1 saturated heterocycles. The topological polar surface area (TPSA) is 46.6 Å². The fraction of sp³-hybridized carbons (Fsp3) is 0.300. The fourth-order valence-corrected chi connectivity index (χ4v) is 5.38. The van der Waals surface area contributed by atoms with Gasteiger partial charge < -0.3 is 9.64 Å². The van der Waals surface area contributed by atoms with Crippen molar-refractivity contribution in [3.8, 4) is 0 Å². The zero-order valence-electron chi connectivity index (χ0n) is 14.5. The number of thiophene rings is 2. The van der Waals surface area contributed by atoms with Crippen molar-refractivity contribution in [3.63, 3.8) is 0 Å². The second-order valence-electron chi connectivity index (χ2n) is 6.49. The average Bonchev–Trinajstić information content (AvgIpc) is 3.35. The summed E-state index contributed by atoms with van der Waals surface area (Å²) in [7, 11) is 0. The van der Waals surface area contributed by atoms with Crippen LogP contribution in [0.1, 0.15) is 27.4 Å². The largest absolute Gasteiger partial charge is 0.460 e. The van der Waals surface area contributed by atoms with Crippen molar-refractivity contribution in [2.45, 2.75) is 19.4 Å². The summed E-state index contributed by atoms with van der Waals surface area (Å²) in [4.78, 5) is 28.3. The van der Waals surface area contributed by atoms with Crippen LogP contribution < -0.4 is 0 Å². The molecule has 3 heterocycles. The summed E-state index contributed by atoms with van der Waals surface area (Å²) in [6.07, 6.45) is 1.27. The third kappa shape index (κ3) is 3.88. The van der Waals surface area contributed by atoms with Crippen LogP contribution in [0.25, 0.3) is 10.1 Å². The summed E-state index contributed by atoms with van der Waals surface area (Å²) in [6.45, 7) is 1.37. The lowest BCUT2D eigenvalue weighted by Gasteiger charge is -2.30. The van der Waals surface area contributed by atoms with E-state index in [0.29, 0.717) is 31.0 Å². The lowest BCUT2D eigenvalue weighted by Crippen LogP contribution is -2.40. The maximum Gasteiger partial charge on any atom is 0.309 e. The molecule has 0 unspecified atom stereocenters. The third-order valence-electron chi connectivity index (χ3n) is 4.79. The van der Waals surface area contributed by atoms with Crippen molar-refractivity contribution >= 4 is 56.2 Å². The van der Waals surface area contributed by atoms with E-state index in [1.165, 1.54) is 11.3 Å².